The Morgan fingerprint density at radius 2 is 1.84 bits per heavy atom. The molecule has 0 saturated carbocycles. The monoisotopic (exact) mass is 507 g/mol. The van der Waals surface area contributed by atoms with E-state index in [9.17, 15) is 8.78 Å². The second kappa shape index (κ2) is 10.4. The second-order valence-corrected chi connectivity index (χ2v) is 9.59. The highest BCUT2D eigenvalue weighted by Crippen LogP contribution is 2.30. The number of hydrogen-bond acceptors (Lipinski definition) is 7. The minimum atomic E-state index is -0.650. The van der Waals surface area contributed by atoms with E-state index in [4.69, 9.17) is 4.74 Å². The van der Waals surface area contributed by atoms with E-state index in [1.807, 2.05) is 31.4 Å². The minimum Gasteiger partial charge on any atom is -0.489 e. The van der Waals surface area contributed by atoms with Gasteiger partial charge in [0.15, 0.2) is 11.6 Å². The Kier molecular flexibility index (Phi) is 7.01. The van der Waals surface area contributed by atoms with E-state index in [0.29, 0.717) is 28.5 Å². The van der Waals surface area contributed by atoms with Crippen LogP contribution < -0.4 is 10.1 Å². The summed E-state index contributed by atoms with van der Waals surface area (Å²) >= 11 is 0. The molecular formula is C27H31F2N7O. The lowest BCUT2D eigenvalue weighted by atomic mass is 10.1. The molecule has 1 aliphatic heterocycles. The van der Waals surface area contributed by atoms with Gasteiger partial charge in [-0.05, 0) is 64.4 Å². The molecule has 3 aromatic heterocycles. The molecule has 0 aliphatic carbocycles. The molecule has 0 atom stereocenters. The number of likely N-dealkylation sites (tertiary alicyclic amines) is 1. The van der Waals surface area contributed by atoms with Gasteiger partial charge in [-0.15, -0.1) is 0 Å². The van der Waals surface area contributed by atoms with Crippen molar-refractivity contribution in [3.05, 3.63) is 54.1 Å². The smallest absolute Gasteiger partial charge is 0.229 e. The number of fused-ring (bicyclic) bond motifs is 1. The number of nitrogens with one attached hydrogen (secondary N) is 1. The Balaban J connectivity index is 1.35. The average Bonchev–Trinajstić information content (AvgIpc) is 3.23. The maximum atomic E-state index is 14.9. The first-order chi connectivity index (χ1) is 17.8. The fourth-order valence-electron chi connectivity index (χ4n) is 4.86. The van der Waals surface area contributed by atoms with Gasteiger partial charge >= 0.3 is 0 Å². The number of nitrogens with zero attached hydrogens (tertiary/aromatic N) is 6. The lowest BCUT2D eigenvalue weighted by Gasteiger charge is -2.31. The maximum Gasteiger partial charge on any atom is 0.229 e. The number of aromatic nitrogens is 5. The van der Waals surface area contributed by atoms with Crippen molar-refractivity contribution in [2.45, 2.75) is 52.7 Å². The first-order valence-electron chi connectivity index (χ1n) is 12.7. The summed E-state index contributed by atoms with van der Waals surface area (Å²) in [6.07, 6.45) is 4.88. The van der Waals surface area contributed by atoms with Gasteiger partial charge in [0.1, 0.15) is 34.7 Å². The van der Waals surface area contributed by atoms with Crippen LogP contribution in [0.1, 0.15) is 45.5 Å². The molecule has 4 aromatic rings. The van der Waals surface area contributed by atoms with Crippen molar-refractivity contribution in [1.29, 1.82) is 0 Å². The Hall–Kier alpha value is -3.66. The molecule has 1 aromatic carbocycles. The minimum absolute atomic E-state index is 0.00849. The first-order valence-corrected chi connectivity index (χ1v) is 12.7. The summed E-state index contributed by atoms with van der Waals surface area (Å²) in [5.41, 5.74) is 1.14. The molecule has 1 fully saturated rings. The maximum absolute atomic E-state index is 14.9. The fourth-order valence-corrected chi connectivity index (χ4v) is 4.86. The third-order valence-corrected chi connectivity index (χ3v) is 6.72. The molecule has 0 bridgehead atoms. The van der Waals surface area contributed by atoms with Crippen LogP contribution in [0.25, 0.3) is 22.3 Å². The van der Waals surface area contributed by atoms with Crippen LogP contribution in [0.2, 0.25) is 0 Å². The van der Waals surface area contributed by atoms with Crippen LogP contribution in [-0.4, -0.2) is 55.1 Å². The molecule has 1 aliphatic rings. The van der Waals surface area contributed by atoms with Crippen LogP contribution in [0, 0.1) is 18.6 Å². The third-order valence-electron chi connectivity index (χ3n) is 6.72. The van der Waals surface area contributed by atoms with Crippen LogP contribution in [0.3, 0.4) is 0 Å². The Bertz CT molecular complexity index is 1400. The van der Waals surface area contributed by atoms with Gasteiger partial charge in [-0.3, -0.25) is 0 Å². The molecule has 5 rings (SSSR count). The largest absolute Gasteiger partial charge is 0.489 e. The summed E-state index contributed by atoms with van der Waals surface area (Å²) in [5, 5.41) is 3.00. The highest BCUT2D eigenvalue weighted by atomic mass is 19.1. The van der Waals surface area contributed by atoms with Gasteiger partial charge in [-0.2, -0.15) is 0 Å². The lowest BCUT2D eigenvalue weighted by molar-refractivity contribution is 0.103. The van der Waals surface area contributed by atoms with Crippen LogP contribution in [0.4, 0.5) is 20.5 Å². The zero-order valence-electron chi connectivity index (χ0n) is 21.5. The van der Waals surface area contributed by atoms with Crippen molar-refractivity contribution in [1.82, 2.24) is 29.4 Å². The molecule has 0 unspecified atom stereocenters. The number of piperidine rings is 1. The van der Waals surface area contributed by atoms with Crippen LogP contribution >= 0.6 is 0 Å². The lowest BCUT2D eigenvalue weighted by Crippen LogP contribution is -2.37. The summed E-state index contributed by atoms with van der Waals surface area (Å²) in [5.74, 6) is 0.848. The van der Waals surface area contributed by atoms with E-state index < -0.39 is 11.6 Å². The molecule has 0 amide bonds. The Morgan fingerprint density at radius 1 is 1.05 bits per heavy atom. The van der Waals surface area contributed by atoms with E-state index in [1.165, 1.54) is 6.07 Å². The molecule has 8 nitrogen and oxygen atoms in total. The zero-order valence-corrected chi connectivity index (χ0v) is 21.5. The van der Waals surface area contributed by atoms with Crippen molar-refractivity contribution in [2.75, 3.05) is 25.0 Å². The molecule has 10 heteroatoms. The van der Waals surface area contributed by atoms with Crippen molar-refractivity contribution >= 4 is 22.8 Å². The molecule has 1 N–H and O–H groups in total. The summed E-state index contributed by atoms with van der Waals surface area (Å²) in [6, 6.07) is 6.63. The van der Waals surface area contributed by atoms with Gasteiger partial charge in [0.2, 0.25) is 5.95 Å². The Morgan fingerprint density at radius 3 is 2.51 bits per heavy atom. The summed E-state index contributed by atoms with van der Waals surface area (Å²) in [4.78, 5) is 19.5. The van der Waals surface area contributed by atoms with Crippen molar-refractivity contribution in [3.8, 4) is 17.0 Å². The van der Waals surface area contributed by atoms with Gasteiger partial charge < -0.3 is 19.5 Å². The van der Waals surface area contributed by atoms with Gasteiger partial charge in [-0.25, -0.2) is 28.7 Å². The van der Waals surface area contributed by atoms with Crippen LogP contribution in [0.5, 0.6) is 5.75 Å². The number of ether oxygens (including phenoxy) is 1. The molecule has 0 radical (unpaired) electrons. The van der Waals surface area contributed by atoms with Gasteiger partial charge in [0.25, 0.3) is 0 Å². The summed E-state index contributed by atoms with van der Waals surface area (Å²) in [6.45, 7) is 11.1. The normalized spacial score (nSPS) is 15.0. The number of pyridine rings is 1. The average molecular weight is 508 g/mol. The third kappa shape index (κ3) is 5.24. The van der Waals surface area contributed by atoms with E-state index in [2.05, 4.69) is 37.1 Å². The molecule has 37 heavy (non-hydrogen) atoms. The molecule has 1 saturated heterocycles. The van der Waals surface area contributed by atoms with Gasteiger partial charge in [-0.1, -0.05) is 6.92 Å². The SMILES string of the molecule is CCN1CCC(Oc2ccc(Nc3ncc(F)c(-c4cc(F)c5nc(C)n(C(C)C)c5c4)n3)nc2)CC1. The van der Waals surface area contributed by atoms with Crippen molar-refractivity contribution < 1.29 is 13.5 Å². The number of halogens is 2. The molecule has 4 heterocycles. The topological polar surface area (TPSA) is 81.0 Å². The Labute approximate surface area is 214 Å². The van der Waals surface area contributed by atoms with Crippen LogP contribution in [-0.2, 0) is 0 Å². The number of imidazole rings is 1. The highest BCUT2D eigenvalue weighted by molar-refractivity contribution is 5.83. The second-order valence-electron chi connectivity index (χ2n) is 9.59. The summed E-state index contributed by atoms with van der Waals surface area (Å²) in [7, 11) is 0. The van der Waals surface area contributed by atoms with E-state index >= 15 is 0 Å². The summed E-state index contributed by atoms with van der Waals surface area (Å²) < 4.78 is 37.7. The van der Waals surface area contributed by atoms with Crippen LogP contribution in [0.15, 0.2) is 36.7 Å². The standard InChI is InChI=1S/C27H31F2N7O/c1-5-35-10-8-19(9-11-35)37-20-6-7-24(30-14-20)33-27-31-15-22(29)25(34-27)18-12-21(28)26-23(13-18)36(16(2)3)17(4)32-26/h6-7,12-16,19H,5,8-11H2,1-4H3,(H,30,31,33,34). The number of rotatable bonds is 7. The van der Waals surface area contributed by atoms with Crippen molar-refractivity contribution in [2.24, 2.45) is 0 Å². The van der Waals surface area contributed by atoms with Gasteiger partial charge in [0.05, 0.1) is 17.9 Å². The first kappa shape index (κ1) is 25.0. The predicted octanol–water partition coefficient (Wildman–Crippen LogP) is 5.66. The number of aryl methyl sites for hydroxylation is 1. The van der Waals surface area contributed by atoms with E-state index in [1.54, 1.807) is 18.3 Å². The number of hydrogen-bond donors (Lipinski definition) is 1. The number of benzene rings is 1. The van der Waals surface area contributed by atoms with E-state index in [0.717, 1.165) is 38.7 Å². The van der Waals surface area contributed by atoms with Gasteiger partial charge in [0, 0.05) is 24.7 Å². The zero-order chi connectivity index (χ0) is 26.1. The molecular weight excluding hydrogens is 476 g/mol. The number of anilines is 2. The molecule has 0 spiro atoms. The highest BCUT2D eigenvalue weighted by Gasteiger charge is 2.20. The fraction of sp³-hybridized carbons (Fsp3) is 0.407. The van der Waals surface area contributed by atoms with E-state index in [-0.39, 0.29) is 29.3 Å². The van der Waals surface area contributed by atoms with Crippen molar-refractivity contribution in [3.63, 3.8) is 0 Å². The molecule has 194 valence electrons. The quantitative estimate of drug-likeness (QED) is 0.346. The predicted molar refractivity (Wildman–Crippen MR) is 139 cm³/mol.